The zero-order valence-electron chi connectivity index (χ0n) is 10.9. The number of rotatable bonds is 4. The van der Waals surface area contributed by atoms with Gasteiger partial charge in [-0.05, 0) is 37.3 Å². The maximum atomic E-state index is 12.5. The van der Waals surface area contributed by atoms with Crippen molar-refractivity contribution >= 4 is 21.8 Å². The Bertz CT molecular complexity index is 473. The summed E-state index contributed by atoms with van der Waals surface area (Å²) in [6.07, 6.45) is 4.55. The number of amides is 1. The van der Waals surface area contributed by atoms with Gasteiger partial charge in [-0.15, -0.1) is 0 Å². The lowest BCUT2D eigenvalue weighted by Crippen LogP contribution is -2.50. The molecule has 0 spiro atoms. The average molecular weight is 323 g/mol. The predicted molar refractivity (Wildman–Crippen MR) is 78.7 cm³/mol. The van der Waals surface area contributed by atoms with Gasteiger partial charge in [-0.2, -0.15) is 0 Å². The van der Waals surface area contributed by atoms with E-state index in [0.29, 0.717) is 12.6 Å². The summed E-state index contributed by atoms with van der Waals surface area (Å²) in [5, 5.41) is 3.47. The van der Waals surface area contributed by atoms with E-state index in [1.54, 1.807) is 0 Å². The molecule has 1 aromatic carbocycles. The van der Waals surface area contributed by atoms with Gasteiger partial charge in [0.25, 0.3) is 0 Å². The minimum atomic E-state index is 0.0451. The van der Waals surface area contributed by atoms with E-state index in [1.807, 2.05) is 23.1 Å². The largest absolute Gasteiger partial charge is 0.337 e. The Morgan fingerprint density at radius 1 is 1.26 bits per heavy atom. The van der Waals surface area contributed by atoms with Gasteiger partial charge < -0.3 is 10.2 Å². The molecule has 1 N–H and O–H groups in total. The zero-order valence-corrected chi connectivity index (χ0v) is 12.5. The van der Waals surface area contributed by atoms with Gasteiger partial charge in [0.2, 0.25) is 5.91 Å². The lowest BCUT2D eigenvalue weighted by molar-refractivity contribution is -0.136. The zero-order chi connectivity index (χ0) is 13.2. The molecule has 1 saturated carbocycles. The number of carbonyl (C=O) groups is 1. The highest BCUT2D eigenvalue weighted by molar-refractivity contribution is 9.10. The van der Waals surface area contributed by atoms with E-state index in [1.165, 1.54) is 18.4 Å². The molecule has 1 aromatic rings. The van der Waals surface area contributed by atoms with Crippen molar-refractivity contribution in [2.45, 2.75) is 44.3 Å². The fraction of sp³-hybridized carbons (Fsp3) is 0.533. The second-order valence-electron chi connectivity index (χ2n) is 5.49. The SMILES string of the molecule is O=C1C(NC2CC2)CCCN1Cc1ccccc1Br. The van der Waals surface area contributed by atoms with Gasteiger partial charge in [0.1, 0.15) is 0 Å². The summed E-state index contributed by atoms with van der Waals surface area (Å²) in [6, 6.07) is 8.78. The third-order valence-electron chi connectivity index (χ3n) is 3.86. The lowest BCUT2D eigenvalue weighted by atomic mass is 10.0. The third-order valence-corrected chi connectivity index (χ3v) is 4.64. The second kappa shape index (κ2) is 5.63. The van der Waals surface area contributed by atoms with Crippen LogP contribution < -0.4 is 5.32 Å². The standard InChI is InChI=1S/C15H19BrN2O/c16-13-5-2-1-4-11(13)10-18-9-3-6-14(15(18)19)17-12-7-8-12/h1-2,4-5,12,14,17H,3,6-10H2. The summed E-state index contributed by atoms with van der Waals surface area (Å²) >= 11 is 3.55. The second-order valence-corrected chi connectivity index (χ2v) is 6.34. The lowest BCUT2D eigenvalue weighted by Gasteiger charge is -2.33. The van der Waals surface area contributed by atoms with Crippen LogP contribution in [0.4, 0.5) is 0 Å². The first-order valence-electron chi connectivity index (χ1n) is 7.02. The van der Waals surface area contributed by atoms with E-state index >= 15 is 0 Å². The highest BCUT2D eigenvalue weighted by atomic mass is 79.9. The van der Waals surface area contributed by atoms with Gasteiger partial charge in [-0.3, -0.25) is 4.79 Å². The summed E-state index contributed by atoms with van der Waals surface area (Å²) in [5.74, 6) is 0.272. The predicted octanol–water partition coefficient (Wildman–Crippen LogP) is 2.69. The number of hydrogen-bond donors (Lipinski definition) is 1. The smallest absolute Gasteiger partial charge is 0.240 e. The van der Waals surface area contributed by atoms with E-state index in [-0.39, 0.29) is 11.9 Å². The first-order chi connectivity index (χ1) is 9.24. The molecule has 0 aromatic heterocycles. The summed E-state index contributed by atoms with van der Waals surface area (Å²) in [7, 11) is 0. The van der Waals surface area contributed by atoms with Gasteiger partial charge in [-0.1, -0.05) is 34.1 Å². The number of nitrogens with zero attached hydrogens (tertiary/aromatic N) is 1. The molecule has 3 rings (SSSR count). The topological polar surface area (TPSA) is 32.3 Å². The molecule has 19 heavy (non-hydrogen) atoms. The van der Waals surface area contributed by atoms with Crippen molar-refractivity contribution < 1.29 is 4.79 Å². The Labute approximate surface area is 122 Å². The molecule has 1 heterocycles. The minimum absolute atomic E-state index is 0.0451. The van der Waals surface area contributed by atoms with Crippen molar-refractivity contribution in [3.63, 3.8) is 0 Å². The van der Waals surface area contributed by atoms with Crippen molar-refractivity contribution in [1.82, 2.24) is 10.2 Å². The van der Waals surface area contributed by atoms with Crippen molar-refractivity contribution in [2.75, 3.05) is 6.54 Å². The van der Waals surface area contributed by atoms with Crippen molar-refractivity contribution in [3.8, 4) is 0 Å². The van der Waals surface area contributed by atoms with Gasteiger partial charge in [-0.25, -0.2) is 0 Å². The molecule has 102 valence electrons. The fourth-order valence-corrected chi connectivity index (χ4v) is 3.03. The van der Waals surface area contributed by atoms with Crippen LogP contribution in [0.2, 0.25) is 0 Å². The van der Waals surface area contributed by atoms with E-state index in [4.69, 9.17) is 0 Å². The summed E-state index contributed by atoms with van der Waals surface area (Å²) in [5.41, 5.74) is 1.18. The van der Waals surface area contributed by atoms with Crippen molar-refractivity contribution in [2.24, 2.45) is 0 Å². The highest BCUT2D eigenvalue weighted by Crippen LogP contribution is 2.24. The number of carbonyl (C=O) groups excluding carboxylic acids is 1. The van der Waals surface area contributed by atoms with Crippen LogP contribution in [0.5, 0.6) is 0 Å². The number of likely N-dealkylation sites (tertiary alicyclic amines) is 1. The Morgan fingerprint density at radius 2 is 2.05 bits per heavy atom. The summed E-state index contributed by atoms with van der Waals surface area (Å²) in [4.78, 5) is 14.4. The van der Waals surface area contributed by atoms with Gasteiger partial charge >= 0.3 is 0 Å². The molecular formula is C15H19BrN2O. The van der Waals surface area contributed by atoms with E-state index in [0.717, 1.165) is 23.9 Å². The number of benzene rings is 1. The first kappa shape index (κ1) is 13.1. The highest BCUT2D eigenvalue weighted by Gasteiger charge is 2.33. The van der Waals surface area contributed by atoms with Gasteiger partial charge in [0, 0.05) is 23.6 Å². The van der Waals surface area contributed by atoms with Crippen molar-refractivity contribution in [3.05, 3.63) is 34.3 Å². The van der Waals surface area contributed by atoms with Gasteiger partial charge in [0.15, 0.2) is 0 Å². The van der Waals surface area contributed by atoms with Crippen LogP contribution in [-0.2, 0) is 11.3 Å². The van der Waals surface area contributed by atoms with Crippen LogP contribution in [0.1, 0.15) is 31.2 Å². The van der Waals surface area contributed by atoms with Crippen LogP contribution in [0.25, 0.3) is 0 Å². The van der Waals surface area contributed by atoms with Crippen LogP contribution in [-0.4, -0.2) is 29.4 Å². The van der Waals surface area contributed by atoms with Crippen LogP contribution in [0.3, 0.4) is 0 Å². The molecule has 1 aliphatic heterocycles. The Kier molecular flexibility index (Phi) is 3.89. The van der Waals surface area contributed by atoms with E-state index in [2.05, 4.69) is 27.3 Å². The Hall–Kier alpha value is -0.870. The molecule has 1 amide bonds. The molecule has 4 heteroatoms. The third kappa shape index (κ3) is 3.18. The fourth-order valence-electron chi connectivity index (χ4n) is 2.62. The molecule has 3 nitrogen and oxygen atoms in total. The quantitative estimate of drug-likeness (QED) is 0.924. The number of hydrogen-bond acceptors (Lipinski definition) is 2. The first-order valence-corrected chi connectivity index (χ1v) is 7.81. The molecule has 0 radical (unpaired) electrons. The van der Waals surface area contributed by atoms with Crippen LogP contribution in [0, 0.1) is 0 Å². The minimum Gasteiger partial charge on any atom is -0.337 e. The average Bonchev–Trinajstić information content (AvgIpc) is 3.21. The molecule has 1 unspecified atom stereocenters. The summed E-state index contributed by atoms with van der Waals surface area (Å²) < 4.78 is 1.08. The monoisotopic (exact) mass is 322 g/mol. The maximum Gasteiger partial charge on any atom is 0.240 e. The number of halogens is 1. The molecule has 1 saturated heterocycles. The molecular weight excluding hydrogens is 304 g/mol. The molecule has 0 bridgehead atoms. The summed E-state index contributed by atoms with van der Waals surface area (Å²) in [6.45, 7) is 1.59. The Morgan fingerprint density at radius 3 is 2.79 bits per heavy atom. The van der Waals surface area contributed by atoms with E-state index in [9.17, 15) is 4.79 Å². The van der Waals surface area contributed by atoms with Crippen molar-refractivity contribution in [1.29, 1.82) is 0 Å². The normalized spacial score (nSPS) is 23.7. The maximum absolute atomic E-state index is 12.5. The number of piperidine rings is 1. The molecule has 1 aliphatic carbocycles. The number of nitrogens with one attached hydrogen (secondary N) is 1. The van der Waals surface area contributed by atoms with Gasteiger partial charge in [0.05, 0.1) is 6.04 Å². The molecule has 1 atom stereocenters. The van der Waals surface area contributed by atoms with Crippen LogP contribution >= 0.6 is 15.9 Å². The Balaban J connectivity index is 1.66. The molecule has 2 aliphatic rings. The van der Waals surface area contributed by atoms with Crippen LogP contribution in [0.15, 0.2) is 28.7 Å². The van der Waals surface area contributed by atoms with E-state index < -0.39 is 0 Å². The molecule has 2 fully saturated rings.